The summed E-state index contributed by atoms with van der Waals surface area (Å²) in [6.07, 6.45) is 6.62. The van der Waals surface area contributed by atoms with E-state index in [9.17, 15) is 0 Å². The molecule has 2 heteroatoms. The lowest BCUT2D eigenvalue weighted by Crippen LogP contribution is -2.44. The summed E-state index contributed by atoms with van der Waals surface area (Å²) in [6, 6.07) is 8.78. The van der Waals surface area contributed by atoms with Gasteiger partial charge in [0, 0.05) is 12.8 Å². The first kappa shape index (κ1) is 14.4. The molecule has 1 aromatic rings. The second-order valence-corrected chi connectivity index (χ2v) is 6.46. The first-order chi connectivity index (χ1) is 10.2. The third-order valence-electron chi connectivity index (χ3n) is 4.76. The summed E-state index contributed by atoms with van der Waals surface area (Å²) in [5.41, 5.74) is 3.84. The van der Waals surface area contributed by atoms with Gasteiger partial charge in [-0.3, -0.25) is 9.48 Å². The molecule has 0 radical (unpaired) electrons. The fourth-order valence-corrected chi connectivity index (χ4v) is 3.51. The van der Waals surface area contributed by atoms with Crippen LogP contribution in [0, 0.1) is 6.92 Å². The van der Waals surface area contributed by atoms with Gasteiger partial charge in [0.15, 0.2) is 0 Å². The molecule has 2 nitrogen and oxygen atoms in total. The Morgan fingerprint density at radius 3 is 2.67 bits per heavy atom. The van der Waals surface area contributed by atoms with Crippen molar-refractivity contribution < 1.29 is 4.58 Å². The number of benzene rings is 1. The van der Waals surface area contributed by atoms with Crippen molar-refractivity contribution in [1.82, 2.24) is 4.90 Å². The molecule has 2 heterocycles. The van der Waals surface area contributed by atoms with Gasteiger partial charge in [0.2, 0.25) is 5.84 Å². The Labute approximate surface area is 128 Å². The van der Waals surface area contributed by atoms with E-state index in [-0.39, 0.29) is 0 Å². The van der Waals surface area contributed by atoms with Gasteiger partial charge in [-0.1, -0.05) is 36.4 Å². The highest BCUT2D eigenvalue weighted by Crippen LogP contribution is 2.19. The van der Waals surface area contributed by atoms with E-state index in [1.807, 2.05) is 0 Å². The first-order valence-electron chi connectivity index (χ1n) is 8.34. The minimum atomic E-state index is 0.981. The summed E-state index contributed by atoms with van der Waals surface area (Å²) in [5.74, 6) is 1.58. The van der Waals surface area contributed by atoms with Gasteiger partial charge in [0.05, 0.1) is 19.6 Å². The molecule has 2 aliphatic rings. The first-order valence-corrected chi connectivity index (χ1v) is 8.34. The molecule has 0 saturated carbocycles. The number of hydrogen-bond acceptors (Lipinski definition) is 1. The van der Waals surface area contributed by atoms with Crippen LogP contribution >= 0.6 is 0 Å². The fourth-order valence-electron chi connectivity index (χ4n) is 3.51. The van der Waals surface area contributed by atoms with Crippen LogP contribution in [0.15, 0.2) is 30.8 Å². The SMILES string of the molecule is C=C(CN1CCC[N+]2=C1CCCCC2)c1ccc(C)cc1. The molecule has 0 aromatic heterocycles. The molecule has 0 saturated heterocycles. The van der Waals surface area contributed by atoms with Crippen molar-refractivity contribution in [2.45, 2.75) is 39.0 Å². The molecule has 0 N–H and O–H groups in total. The number of hydrogen-bond donors (Lipinski definition) is 0. The third-order valence-corrected chi connectivity index (χ3v) is 4.76. The molecule has 0 aliphatic carbocycles. The zero-order chi connectivity index (χ0) is 14.7. The van der Waals surface area contributed by atoms with E-state index in [4.69, 9.17) is 0 Å². The highest BCUT2D eigenvalue weighted by molar-refractivity contribution is 5.80. The molecule has 21 heavy (non-hydrogen) atoms. The molecule has 112 valence electrons. The van der Waals surface area contributed by atoms with Crippen LogP contribution in [0.5, 0.6) is 0 Å². The predicted octanol–water partition coefficient (Wildman–Crippen LogP) is 3.70. The van der Waals surface area contributed by atoms with E-state index in [2.05, 4.69) is 47.2 Å². The lowest BCUT2D eigenvalue weighted by Gasteiger charge is -2.27. The van der Waals surface area contributed by atoms with Crippen LogP contribution in [-0.4, -0.2) is 41.5 Å². The van der Waals surface area contributed by atoms with Crippen molar-refractivity contribution in [2.24, 2.45) is 0 Å². The summed E-state index contributed by atoms with van der Waals surface area (Å²) in [5, 5.41) is 0. The third kappa shape index (κ3) is 3.37. The summed E-state index contributed by atoms with van der Waals surface area (Å²) in [4.78, 5) is 2.58. The zero-order valence-electron chi connectivity index (χ0n) is 13.3. The predicted molar refractivity (Wildman–Crippen MR) is 89.9 cm³/mol. The Hall–Kier alpha value is -1.57. The Balaban J connectivity index is 1.74. The topological polar surface area (TPSA) is 6.25 Å². The van der Waals surface area contributed by atoms with Crippen LogP contribution in [0.2, 0.25) is 0 Å². The number of rotatable bonds is 3. The van der Waals surface area contributed by atoms with Gasteiger partial charge in [-0.05, 0) is 37.3 Å². The van der Waals surface area contributed by atoms with Gasteiger partial charge < -0.3 is 0 Å². The van der Waals surface area contributed by atoms with E-state index < -0.39 is 0 Å². The van der Waals surface area contributed by atoms with E-state index in [1.165, 1.54) is 68.4 Å². The van der Waals surface area contributed by atoms with Crippen LogP contribution in [0.25, 0.3) is 5.57 Å². The zero-order valence-corrected chi connectivity index (χ0v) is 13.3. The van der Waals surface area contributed by atoms with Gasteiger partial charge in [-0.15, -0.1) is 0 Å². The largest absolute Gasteiger partial charge is 0.266 e. The fraction of sp³-hybridized carbons (Fsp3) is 0.526. The van der Waals surface area contributed by atoms with Crippen LogP contribution in [0.1, 0.15) is 43.2 Å². The van der Waals surface area contributed by atoms with E-state index in [1.54, 1.807) is 5.84 Å². The average Bonchev–Trinajstić information content (AvgIpc) is 2.74. The highest BCUT2D eigenvalue weighted by Gasteiger charge is 2.28. The number of nitrogens with zero attached hydrogens (tertiary/aromatic N) is 2. The van der Waals surface area contributed by atoms with Gasteiger partial charge in [-0.25, -0.2) is 0 Å². The number of amidine groups is 1. The maximum atomic E-state index is 4.34. The van der Waals surface area contributed by atoms with Crippen molar-refractivity contribution in [3.63, 3.8) is 0 Å². The van der Waals surface area contributed by atoms with Crippen molar-refractivity contribution in [3.8, 4) is 0 Å². The Morgan fingerprint density at radius 1 is 1.10 bits per heavy atom. The molecule has 3 rings (SSSR count). The Morgan fingerprint density at radius 2 is 1.86 bits per heavy atom. The van der Waals surface area contributed by atoms with E-state index in [0.717, 1.165) is 6.54 Å². The molecular weight excluding hydrogens is 256 g/mol. The molecule has 0 spiro atoms. The minimum Gasteiger partial charge on any atom is -0.266 e. The van der Waals surface area contributed by atoms with E-state index in [0.29, 0.717) is 0 Å². The van der Waals surface area contributed by atoms with Gasteiger partial charge in [-0.2, -0.15) is 0 Å². The monoisotopic (exact) mass is 283 g/mol. The molecule has 1 aromatic carbocycles. The molecular formula is C19H27N2+. The van der Waals surface area contributed by atoms with Crippen molar-refractivity contribution in [2.75, 3.05) is 26.2 Å². The maximum absolute atomic E-state index is 4.34. The smallest absolute Gasteiger partial charge is 0.247 e. The second-order valence-electron chi connectivity index (χ2n) is 6.46. The molecule has 0 atom stereocenters. The number of aryl methyl sites for hydroxylation is 1. The molecule has 0 bridgehead atoms. The molecule has 2 aliphatic heterocycles. The molecule has 0 fully saturated rings. The molecule has 0 amide bonds. The Kier molecular flexibility index (Phi) is 4.42. The summed E-state index contributed by atoms with van der Waals surface area (Å²) < 4.78 is 2.62. The van der Waals surface area contributed by atoms with E-state index >= 15 is 0 Å². The Bertz CT molecular complexity index is 539. The van der Waals surface area contributed by atoms with Gasteiger partial charge in [0.1, 0.15) is 6.54 Å². The van der Waals surface area contributed by atoms with Crippen molar-refractivity contribution >= 4 is 11.4 Å². The molecule has 0 unspecified atom stereocenters. The summed E-state index contributed by atoms with van der Waals surface area (Å²) in [7, 11) is 0. The van der Waals surface area contributed by atoms with Crippen LogP contribution in [0.4, 0.5) is 0 Å². The summed E-state index contributed by atoms with van der Waals surface area (Å²) >= 11 is 0. The maximum Gasteiger partial charge on any atom is 0.247 e. The normalized spacial score (nSPS) is 19.2. The van der Waals surface area contributed by atoms with Crippen LogP contribution in [0.3, 0.4) is 0 Å². The summed E-state index contributed by atoms with van der Waals surface area (Å²) in [6.45, 7) is 11.1. The highest BCUT2D eigenvalue weighted by atomic mass is 15.3. The van der Waals surface area contributed by atoms with Crippen molar-refractivity contribution in [1.29, 1.82) is 0 Å². The lowest BCUT2D eigenvalue weighted by atomic mass is 10.0. The van der Waals surface area contributed by atoms with Crippen LogP contribution < -0.4 is 0 Å². The average molecular weight is 283 g/mol. The van der Waals surface area contributed by atoms with Crippen LogP contribution in [-0.2, 0) is 0 Å². The second kappa shape index (κ2) is 6.46. The van der Waals surface area contributed by atoms with Gasteiger partial charge >= 0.3 is 0 Å². The standard InChI is InChI=1S/C19H27N2/c1-16-8-10-18(11-9-16)17(2)15-21-14-6-13-20-12-5-3-4-7-19(20)21/h8-11H,2-7,12-15H2,1H3/q+1. The van der Waals surface area contributed by atoms with Gasteiger partial charge in [0.25, 0.3) is 0 Å². The quantitative estimate of drug-likeness (QED) is 0.767. The minimum absolute atomic E-state index is 0.981. The lowest BCUT2D eigenvalue weighted by molar-refractivity contribution is -0.538. The van der Waals surface area contributed by atoms with Crippen molar-refractivity contribution in [3.05, 3.63) is 42.0 Å².